The van der Waals surface area contributed by atoms with Crippen LogP contribution in [0.25, 0.3) is 11.0 Å². The Kier molecular flexibility index (Phi) is 2.93. The second-order valence-corrected chi connectivity index (χ2v) is 5.29. The number of rotatable bonds is 4. The zero-order valence-corrected chi connectivity index (χ0v) is 10.8. The third kappa shape index (κ3) is 2.24. The number of aromatic amines is 1. The monoisotopic (exact) mass is 273 g/mol. The molecule has 1 aromatic heterocycles. The normalized spacial score (nSPS) is 16.6. The number of fused-ring (bicyclic) bond motifs is 1. The minimum Gasteiger partial charge on any atom is -0.481 e. The van der Waals surface area contributed by atoms with Crippen molar-refractivity contribution in [1.29, 1.82) is 0 Å². The molecular formula is C14H15N3O3. The van der Waals surface area contributed by atoms with Crippen LogP contribution in [0.15, 0.2) is 24.5 Å². The molecule has 1 amide bonds. The number of imidazole rings is 1. The van der Waals surface area contributed by atoms with E-state index in [0.29, 0.717) is 5.56 Å². The molecule has 0 spiro atoms. The van der Waals surface area contributed by atoms with Crippen LogP contribution in [0.4, 0.5) is 0 Å². The molecule has 3 N–H and O–H groups in total. The number of carbonyl (C=O) groups excluding carboxylic acids is 1. The highest BCUT2D eigenvalue weighted by atomic mass is 16.4. The van der Waals surface area contributed by atoms with E-state index in [1.807, 2.05) is 0 Å². The van der Waals surface area contributed by atoms with E-state index in [-0.39, 0.29) is 12.3 Å². The Hall–Kier alpha value is -2.37. The second kappa shape index (κ2) is 4.63. The van der Waals surface area contributed by atoms with Crippen LogP contribution in [0.5, 0.6) is 0 Å². The standard InChI is InChI=1S/C14H15N3O3/c18-12(19)7-14(4-1-5-14)17-13(20)9-2-3-10-11(6-9)16-8-15-10/h2-3,6,8H,1,4-5,7H2,(H,15,16)(H,17,20)(H,18,19). The van der Waals surface area contributed by atoms with Gasteiger partial charge in [0, 0.05) is 5.56 Å². The summed E-state index contributed by atoms with van der Waals surface area (Å²) in [7, 11) is 0. The SMILES string of the molecule is O=C(O)CC1(NC(=O)c2ccc3nc[nH]c3c2)CCC1. The van der Waals surface area contributed by atoms with Crippen LogP contribution in [0.2, 0.25) is 0 Å². The lowest BCUT2D eigenvalue weighted by Gasteiger charge is -2.41. The molecule has 1 aromatic carbocycles. The summed E-state index contributed by atoms with van der Waals surface area (Å²) in [6.07, 6.45) is 3.94. The van der Waals surface area contributed by atoms with Crippen LogP contribution in [-0.2, 0) is 4.79 Å². The molecule has 0 bridgehead atoms. The van der Waals surface area contributed by atoms with Gasteiger partial charge in [-0.3, -0.25) is 9.59 Å². The number of aliphatic carboxylic acids is 1. The van der Waals surface area contributed by atoms with E-state index in [4.69, 9.17) is 5.11 Å². The Morgan fingerprint density at radius 3 is 2.85 bits per heavy atom. The number of nitrogens with zero attached hydrogens (tertiary/aromatic N) is 1. The lowest BCUT2D eigenvalue weighted by Crippen LogP contribution is -2.54. The molecule has 0 radical (unpaired) electrons. The van der Waals surface area contributed by atoms with Crippen LogP contribution >= 0.6 is 0 Å². The van der Waals surface area contributed by atoms with Gasteiger partial charge in [-0.05, 0) is 37.5 Å². The third-order valence-corrected chi connectivity index (χ3v) is 3.86. The molecule has 104 valence electrons. The molecule has 0 atom stereocenters. The largest absolute Gasteiger partial charge is 0.481 e. The van der Waals surface area contributed by atoms with E-state index < -0.39 is 11.5 Å². The summed E-state index contributed by atoms with van der Waals surface area (Å²) in [5.41, 5.74) is 1.52. The summed E-state index contributed by atoms with van der Waals surface area (Å²) >= 11 is 0. The summed E-state index contributed by atoms with van der Waals surface area (Å²) in [4.78, 5) is 30.2. The molecule has 1 aliphatic rings. The molecule has 0 aliphatic heterocycles. The van der Waals surface area contributed by atoms with E-state index in [0.717, 1.165) is 30.3 Å². The number of carbonyl (C=O) groups is 2. The van der Waals surface area contributed by atoms with Crippen LogP contribution < -0.4 is 5.32 Å². The van der Waals surface area contributed by atoms with Crippen molar-refractivity contribution < 1.29 is 14.7 Å². The molecule has 1 heterocycles. The fraction of sp³-hybridized carbons (Fsp3) is 0.357. The maximum Gasteiger partial charge on any atom is 0.305 e. The van der Waals surface area contributed by atoms with Crippen molar-refractivity contribution in [2.75, 3.05) is 0 Å². The number of hydrogen-bond acceptors (Lipinski definition) is 3. The lowest BCUT2D eigenvalue weighted by atomic mass is 9.74. The van der Waals surface area contributed by atoms with Gasteiger partial charge in [0.25, 0.3) is 5.91 Å². The van der Waals surface area contributed by atoms with E-state index in [1.54, 1.807) is 24.5 Å². The first-order valence-corrected chi connectivity index (χ1v) is 6.55. The van der Waals surface area contributed by atoms with E-state index >= 15 is 0 Å². The van der Waals surface area contributed by atoms with Crippen LogP contribution in [0.3, 0.4) is 0 Å². The van der Waals surface area contributed by atoms with Crippen molar-refractivity contribution in [1.82, 2.24) is 15.3 Å². The van der Waals surface area contributed by atoms with Gasteiger partial charge < -0.3 is 15.4 Å². The quantitative estimate of drug-likeness (QED) is 0.790. The van der Waals surface area contributed by atoms with Crippen molar-refractivity contribution in [3.63, 3.8) is 0 Å². The van der Waals surface area contributed by atoms with Crippen molar-refractivity contribution in [2.24, 2.45) is 0 Å². The smallest absolute Gasteiger partial charge is 0.305 e. The number of aromatic nitrogens is 2. The van der Waals surface area contributed by atoms with Crippen molar-refractivity contribution in [3.05, 3.63) is 30.1 Å². The van der Waals surface area contributed by atoms with Crippen LogP contribution in [0, 0.1) is 0 Å². The first-order valence-electron chi connectivity index (χ1n) is 6.55. The maximum absolute atomic E-state index is 12.3. The summed E-state index contributed by atoms with van der Waals surface area (Å²) in [5, 5.41) is 11.8. The lowest BCUT2D eigenvalue weighted by molar-refractivity contribution is -0.139. The highest BCUT2D eigenvalue weighted by Crippen LogP contribution is 2.35. The minimum atomic E-state index is -0.881. The first kappa shape index (κ1) is 12.7. The number of benzene rings is 1. The van der Waals surface area contributed by atoms with Crippen molar-refractivity contribution in [2.45, 2.75) is 31.2 Å². The van der Waals surface area contributed by atoms with Crippen LogP contribution in [-0.4, -0.2) is 32.5 Å². The molecule has 20 heavy (non-hydrogen) atoms. The molecule has 0 unspecified atom stereocenters. The summed E-state index contributed by atoms with van der Waals surface area (Å²) in [5.74, 6) is -1.11. The van der Waals surface area contributed by atoms with Gasteiger partial charge >= 0.3 is 5.97 Å². The highest BCUT2D eigenvalue weighted by Gasteiger charge is 2.40. The molecule has 6 heteroatoms. The molecule has 0 saturated heterocycles. The highest BCUT2D eigenvalue weighted by molar-refractivity contribution is 5.98. The van der Waals surface area contributed by atoms with E-state index in [2.05, 4.69) is 15.3 Å². The summed E-state index contributed by atoms with van der Waals surface area (Å²) in [6.45, 7) is 0. The summed E-state index contributed by atoms with van der Waals surface area (Å²) in [6, 6.07) is 5.20. The molecular weight excluding hydrogens is 258 g/mol. The molecule has 1 saturated carbocycles. The van der Waals surface area contributed by atoms with Crippen molar-refractivity contribution in [3.8, 4) is 0 Å². The number of carboxylic acid groups (broad SMARTS) is 1. The van der Waals surface area contributed by atoms with Gasteiger partial charge in [-0.15, -0.1) is 0 Å². The molecule has 2 aromatic rings. The second-order valence-electron chi connectivity index (χ2n) is 5.29. The number of hydrogen-bond donors (Lipinski definition) is 3. The Bertz CT molecular complexity index is 673. The number of H-pyrrole nitrogens is 1. The first-order chi connectivity index (χ1) is 9.58. The van der Waals surface area contributed by atoms with Crippen LogP contribution in [0.1, 0.15) is 36.0 Å². The van der Waals surface area contributed by atoms with Gasteiger partial charge in [-0.1, -0.05) is 0 Å². The van der Waals surface area contributed by atoms with E-state index in [1.165, 1.54) is 0 Å². The number of carboxylic acids is 1. The number of nitrogens with one attached hydrogen (secondary N) is 2. The Labute approximate surface area is 115 Å². The summed E-state index contributed by atoms with van der Waals surface area (Å²) < 4.78 is 0. The predicted octanol–water partition coefficient (Wildman–Crippen LogP) is 1.69. The average Bonchev–Trinajstić information content (AvgIpc) is 2.82. The average molecular weight is 273 g/mol. The molecule has 1 fully saturated rings. The van der Waals surface area contributed by atoms with Gasteiger partial charge in [0.05, 0.1) is 29.3 Å². The van der Waals surface area contributed by atoms with Gasteiger partial charge in [0.2, 0.25) is 0 Å². The van der Waals surface area contributed by atoms with Crippen molar-refractivity contribution >= 4 is 22.9 Å². The molecule has 3 rings (SSSR count). The molecule has 6 nitrogen and oxygen atoms in total. The zero-order chi connectivity index (χ0) is 14.2. The fourth-order valence-corrected chi connectivity index (χ4v) is 2.63. The van der Waals surface area contributed by atoms with Gasteiger partial charge in [-0.2, -0.15) is 0 Å². The minimum absolute atomic E-state index is 0.0228. The fourth-order valence-electron chi connectivity index (χ4n) is 2.63. The molecule has 1 aliphatic carbocycles. The Morgan fingerprint density at radius 2 is 2.20 bits per heavy atom. The van der Waals surface area contributed by atoms with Gasteiger partial charge in [0.1, 0.15) is 0 Å². The van der Waals surface area contributed by atoms with Gasteiger partial charge in [-0.25, -0.2) is 4.98 Å². The zero-order valence-electron chi connectivity index (χ0n) is 10.8. The third-order valence-electron chi connectivity index (χ3n) is 3.86. The van der Waals surface area contributed by atoms with E-state index in [9.17, 15) is 9.59 Å². The topological polar surface area (TPSA) is 95.1 Å². The Balaban J connectivity index is 1.79. The van der Waals surface area contributed by atoms with Gasteiger partial charge in [0.15, 0.2) is 0 Å². The Morgan fingerprint density at radius 1 is 1.40 bits per heavy atom. The maximum atomic E-state index is 12.3. The number of amides is 1. The predicted molar refractivity (Wildman–Crippen MR) is 72.4 cm³/mol.